The Balaban J connectivity index is 1.64. The largest absolute Gasteiger partial charge is 0.495 e. The second-order valence-corrected chi connectivity index (χ2v) is 7.92. The highest BCUT2D eigenvalue weighted by Gasteiger charge is 2.18. The van der Waals surface area contributed by atoms with Crippen molar-refractivity contribution in [3.05, 3.63) is 77.1 Å². The summed E-state index contributed by atoms with van der Waals surface area (Å²) < 4.78 is 12.7. The lowest BCUT2D eigenvalue weighted by molar-refractivity contribution is -0.111. The second kappa shape index (κ2) is 10.0. The Morgan fingerprint density at radius 3 is 2.44 bits per heavy atom. The van der Waals surface area contributed by atoms with Gasteiger partial charge in [-0.3, -0.25) is 4.79 Å². The molecular weight excluding hydrogens is 477 g/mol. The molecule has 0 saturated carbocycles. The summed E-state index contributed by atoms with van der Waals surface area (Å²) in [4.78, 5) is 20.7. The fourth-order valence-corrected chi connectivity index (χ4v) is 4.04. The predicted octanol–water partition coefficient (Wildman–Crippen LogP) is 5.67. The van der Waals surface area contributed by atoms with Crippen LogP contribution < -0.4 is 20.1 Å². The van der Waals surface area contributed by atoms with Crippen molar-refractivity contribution in [2.24, 2.45) is 0 Å². The van der Waals surface area contributed by atoms with Crippen LogP contribution in [0.25, 0.3) is 11.0 Å². The van der Waals surface area contributed by atoms with E-state index in [-0.39, 0.29) is 5.91 Å². The van der Waals surface area contributed by atoms with Crippen molar-refractivity contribution in [1.29, 1.82) is 0 Å². The summed E-state index contributed by atoms with van der Waals surface area (Å²) in [6, 6.07) is 10.8. The van der Waals surface area contributed by atoms with Gasteiger partial charge in [-0.05, 0) is 24.3 Å². The molecule has 10 heteroatoms. The number of methoxy groups -OCH3 is 2. The minimum Gasteiger partial charge on any atom is -0.495 e. The van der Waals surface area contributed by atoms with Crippen molar-refractivity contribution in [1.82, 2.24) is 14.5 Å². The van der Waals surface area contributed by atoms with Crippen molar-refractivity contribution in [3.8, 4) is 11.5 Å². The average Bonchev–Trinajstić information content (AvgIpc) is 3.25. The Bertz CT molecular complexity index is 1360. The summed E-state index contributed by atoms with van der Waals surface area (Å²) in [5.41, 5.74) is 3.40. The molecule has 174 valence electrons. The van der Waals surface area contributed by atoms with Gasteiger partial charge in [0, 0.05) is 17.8 Å². The maximum absolute atomic E-state index is 11.7. The van der Waals surface area contributed by atoms with Crippen LogP contribution >= 0.6 is 23.2 Å². The number of hydrogen-bond donors (Lipinski definition) is 2. The SMILES string of the molecule is C=CC(=O)Nc1ccccc1Nc1ncc2c(ccn2Cc2c(Cl)c(OC)cc(OC)c2Cl)n1. The van der Waals surface area contributed by atoms with E-state index in [0.717, 1.165) is 5.52 Å². The first kappa shape index (κ1) is 23.4. The van der Waals surface area contributed by atoms with Crippen molar-refractivity contribution >= 4 is 57.5 Å². The van der Waals surface area contributed by atoms with Gasteiger partial charge < -0.3 is 24.7 Å². The highest BCUT2D eigenvalue weighted by Crippen LogP contribution is 2.41. The number of carbonyl (C=O) groups is 1. The summed E-state index contributed by atoms with van der Waals surface area (Å²) in [5.74, 6) is 1.01. The van der Waals surface area contributed by atoms with Crippen LogP contribution in [0.15, 0.2) is 61.4 Å². The topological polar surface area (TPSA) is 90.3 Å². The number of halogens is 2. The molecule has 2 aromatic carbocycles. The molecule has 4 aromatic rings. The molecule has 2 N–H and O–H groups in total. The number of carbonyl (C=O) groups excluding carboxylic acids is 1. The molecule has 34 heavy (non-hydrogen) atoms. The zero-order valence-corrected chi connectivity index (χ0v) is 19.9. The first-order chi connectivity index (χ1) is 16.4. The molecule has 2 aromatic heterocycles. The molecule has 0 unspecified atom stereocenters. The van der Waals surface area contributed by atoms with Crippen LogP contribution in [0.3, 0.4) is 0 Å². The van der Waals surface area contributed by atoms with Gasteiger partial charge in [0.25, 0.3) is 0 Å². The van der Waals surface area contributed by atoms with E-state index in [2.05, 4.69) is 27.2 Å². The number of benzene rings is 2. The molecule has 0 aliphatic heterocycles. The lowest BCUT2D eigenvalue weighted by Crippen LogP contribution is -2.09. The highest BCUT2D eigenvalue weighted by molar-refractivity contribution is 6.37. The lowest BCUT2D eigenvalue weighted by Gasteiger charge is -2.15. The molecule has 2 heterocycles. The van der Waals surface area contributed by atoms with Crippen LogP contribution in [0, 0.1) is 0 Å². The monoisotopic (exact) mass is 497 g/mol. The van der Waals surface area contributed by atoms with Gasteiger partial charge in [0.1, 0.15) is 11.5 Å². The number of fused-ring (bicyclic) bond motifs is 1. The Labute approximate surface area is 206 Å². The summed E-state index contributed by atoms with van der Waals surface area (Å²) in [6.07, 6.45) is 4.79. The summed E-state index contributed by atoms with van der Waals surface area (Å²) >= 11 is 13.1. The van der Waals surface area contributed by atoms with Gasteiger partial charge in [0.2, 0.25) is 11.9 Å². The smallest absolute Gasteiger partial charge is 0.247 e. The van der Waals surface area contributed by atoms with Crippen LogP contribution in [0.1, 0.15) is 5.56 Å². The zero-order chi connectivity index (χ0) is 24.2. The van der Waals surface area contributed by atoms with Crippen molar-refractivity contribution in [3.63, 3.8) is 0 Å². The number of nitrogens with zero attached hydrogens (tertiary/aromatic N) is 3. The van der Waals surface area contributed by atoms with Crippen LogP contribution in [0.5, 0.6) is 11.5 Å². The van der Waals surface area contributed by atoms with Gasteiger partial charge in [-0.25, -0.2) is 9.97 Å². The van der Waals surface area contributed by atoms with E-state index in [1.807, 2.05) is 35.0 Å². The van der Waals surface area contributed by atoms with Gasteiger partial charge in [-0.1, -0.05) is 41.9 Å². The Kier molecular flexibility index (Phi) is 6.90. The van der Waals surface area contributed by atoms with Crippen molar-refractivity contribution < 1.29 is 14.3 Å². The molecule has 0 radical (unpaired) electrons. The Morgan fingerprint density at radius 2 is 1.79 bits per heavy atom. The normalized spacial score (nSPS) is 10.7. The predicted molar refractivity (Wildman–Crippen MR) is 135 cm³/mol. The van der Waals surface area contributed by atoms with Crippen LogP contribution in [0.4, 0.5) is 17.3 Å². The van der Waals surface area contributed by atoms with Crippen molar-refractivity contribution in [2.45, 2.75) is 6.54 Å². The summed E-state index contributed by atoms with van der Waals surface area (Å²) in [7, 11) is 3.07. The first-order valence-electron chi connectivity index (χ1n) is 10.1. The fraction of sp³-hybridized carbons (Fsp3) is 0.125. The van der Waals surface area contributed by atoms with Crippen LogP contribution in [0.2, 0.25) is 10.0 Å². The average molecular weight is 498 g/mol. The maximum atomic E-state index is 11.7. The van der Waals surface area contributed by atoms with Gasteiger partial charge >= 0.3 is 0 Å². The summed E-state index contributed by atoms with van der Waals surface area (Å²) in [5, 5.41) is 6.72. The van der Waals surface area contributed by atoms with Gasteiger partial charge in [-0.15, -0.1) is 0 Å². The number of ether oxygens (including phenoxy) is 2. The first-order valence-corrected chi connectivity index (χ1v) is 10.9. The van der Waals surface area contributed by atoms with E-state index in [0.29, 0.717) is 56.5 Å². The van der Waals surface area contributed by atoms with Crippen LogP contribution in [-0.2, 0) is 11.3 Å². The highest BCUT2D eigenvalue weighted by atomic mass is 35.5. The second-order valence-electron chi connectivity index (χ2n) is 7.16. The molecule has 0 spiro atoms. The number of para-hydroxylation sites is 2. The van der Waals surface area contributed by atoms with E-state index < -0.39 is 0 Å². The summed E-state index contributed by atoms with van der Waals surface area (Å²) in [6.45, 7) is 3.84. The fourth-order valence-electron chi connectivity index (χ4n) is 3.42. The van der Waals surface area contributed by atoms with Gasteiger partial charge in [-0.2, -0.15) is 0 Å². The number of hydrogen-bond acceptors (Lipinski definition) is 6. The van der Waals surface area contributed by atoms with Crippen molar-refractivity contribution in [2.75, 3.05) is 24.9 Å². The molecule has 1 amide bonds. The standard InChI is InChI=1S/C24H21Cl2N5O3/c1-4-21(32)28-15-7-5-6-8-16(15)29-24-27-12-18-17(30-24)9-10-31(18)13-14-22(25)19(33-2)11-20(34-3)23(14)26/h4-12H,1,13H2,2-3H3,(H,28,32)(H,27,29,30). The number of amides is 1. The number of aromatic nitrogens is 3. The molecule has 0 aliphatic carbocycles. The number of rotatable bonds is 8. The molecular formula is C24H21Cl2N5O3. The molecule has 0 atom stereocenters. The Morgan fingerprint density at radius 1 is 1.12 bits per heavy atom. The number of anilines is 3. The third-order valence-corrected chi connectivity index (χ3v) is 5.96. The maximum Gasteiger partial charge on any atom is 0.247 e. The molecule has 0 fully saturated rings. The minimum atomic E-state index is -0.311. The third kappa shape index (κ3) is 4.64. The number of nitrogens with one attached hydrogen (secondary N) is 2. The van der Waals surface area contributed by atoms with E-state index in [4.69, 9.17) is 32.7 Å². The molecule has 0 saturated heterocycles. The van der Waals surface area contributed by atoms with Crippen LogP contribution in [-0.4, -0.2) is 34.7 Å². The molecule has 0 bridgehead atoms. The third-order valence-electron chi connectivity index (χ3n) is 5.13. The lowest BCUT2D eigenvalue weighted by atomic mass is 10.2. The zero-order valence-electron chi connectivity index (χ0n) is 18.4. The molecule has 8 nitrogen and oxygen atoms in total. The van der Waals surface area contributed by atoms with Gasteiger partial charge in [0.15, 0.2) is 0 Å². The van der Waals surface area contributed by atoms with Gasteiger partial charge in [0.05, 0.1) is 59.4 Å². The van der Waals surface area contributed by atoms with E-state index in [1.165, 1.54) is 20.3 Å². The Hall–Kier alpha value is -3.75. The molecule has 0 aliphatic rings. The molecule has 4 rings (SSSR count). The van der Waals surface area contributed by atoms with E-state index in [1.54, 1.807) is 18.3 Å². The quantitative estimate of drug-likeness (QED) is 0.304. The minimum absolute atomic E-state index is 0.311. The van der Waals surface area contributed by atoms with E-state index >= 15 is 0 Å². The van der Waals surface area contributed by atoms with E-state index in [9.17, 15) is 4.79 Å².